The van der Waals surface area contributed by atoms with E-state index in [0.717, 1.165) is 83.2 Å². The fourth-order valence-corrected chi connectivity index (χ4v) is 12.5. The number of furan rings is 1. The molecule has 0 amide bonds. The maximum absolute atomic E-state index is 7.22. The lowest BCUT2D eigenvalue weighted by Gasteiger charge is -2.40. The van der Waals surface area contributed by atoms with Crippen molar-refractivity contribution >= 4 is 60.5 Å². The third-order valence-corrected chi connectivity index (χ3v) is 15.7. The number of nitrogens with zero attached hydrogens (tertiary/aromatic N) is 1. The third-order valence-electron chi connectivity index (χ3n) is 15.7. The Morgan fingerprint density at radius 3 is 1.59 bits per heavy atom. The van der Waals surface area contributed by atoms with E-state index < -0.39 is 5.41 Å². The van der Waals surface area contributed by atoms with Crippen LogP contribution in [0, 0.1) is 0 Å². The molecule has 0 N–H and O–H groups in total. The molecule has 3 heteroatoms. The summed E-state index contributed by atoms with van der Waals surface area (Å²) in [5.41, 5.74) is 19.2. The lowest BCUT2D eigenvalue weighted by molar-refractivity contribution is 0.447. The highest BCUT2D eigenvalue weighted by molar-refractivity contribution is 6.06. The third kappa shape index (κ3) is 5.22. The van der Waals surface area contributed by atoms with E-state index in [0.29, 0.717) is 0 Å². The van der Waals surface area contributed by atoms with Crippen molar-refractivity contribution in [3.05, 3.63) is 258 Å². The summed E-state index contributed by atoms with van der Waals surface area (Å²) < 4.78 is 13.7. The first-order valence-corrected chi connectivity index (χ1v) is 24.0. The number of hydrogen-bond acceptors (Lipinski definition) is 3. The first kappa shape index (κ1) is 38.4. The van der Waals surface area contributed by atoms with Crippen LogP contribution in [0.5, 0.6) is 11.5 Å². The van der Waals surface area contributed by atoms with Gasteiger partial charge in [-0.2, -0.15) is 0 Å². The molecule has 324 valence electrons. The van der Waals surface area contributed by atoms with E-state index in [1.807, 2.05) is 6.07 Å². The van der Waals surface area contributed by atoms with Crippen molar-refractivity contribution in [2.45, 2.75) is 24.7 Å². The van der Waals surface area contributed by atoms with Crippen LogP contribution < -0.4 is 9.64 Å². The number of ether oxygens (including phenoxy) is 1. The van der Waals surface area contributed by atoms with E-state index in [1.54, 1.807) is 0 Å². The number of para-hydroxylation sites is 1. The molecule has 0 radical (unpaired) electrons. The van der Waals surface area contributed by atoms with Crippen LogP contribution in [0.15, 0.2) is 229 Å². The molecule has 0 atom stereocenters. The summed E-state index contributed by atoms with van der Waals surface area (Å²) in [5.74, 6) is 1.85. The zero-order chi connectivity index (χ0) is 45.6. The molecule has 0 bridgehead atoms. The summed E-state index contributed by atoms with van der Waals surface area (Å²) in [6.07, 6.45) is 0. The van der Waals surface area contributed by atoms with Gasteiger partial charge in [0.2, 0.25) is 0 Å². The van der Waals surface area contributed by atoms with Gasteiger partial charge in [0.1, 0.15) is 22.7 Å². The van der Waals surface area contributed by atoms with E-state index in [2.05, 4.69) is 237 Å². The standard InChI is InChI=1S/C66H43NO2/c1-65(2)55-20-10-7-17-49(55)51-33-30-45(38-59(51)65)67(46-31-34-54-53-19-9-12-22-61(53)68-62(54)39-46)44-28-23-40(24-29-44)43-25-32-52-50-18-8-11-21-56(50)66(60(52)37-43)57-35-26-41-13-3-5-15-47(41)63(57)69-64-48-16-6-4-14-42(48)27-36-58(64)66/h3-39H,1-2H3. The molecule has 1 spiro atoms. The van der Waals surface area contributed by atoms with Crippen LogP contribution in [-0.4, -0.2) is 0 Å². The monoisotopic (exact) mass is 881 g/mol. The summed E-state index contributed by atoms with van der Waals surface area (Å²) in [6.45, 7) is 4.70. The zero-order valence-corrected chi connectivity index (χ0v) is 38.1. The molecule has 1 aromatic heterocycles. The molecule has 2 heterocycles. The lowest BCUT2D eigenvalue weighted by Crippen LogP contribution is -2.32. The smallest absolute Gasteiger partial charge is 0.140 e. The number of benzene rings is 11. The molecule has 2 aliphatic carbocycles. The summed E-state index contributed by atoms with van der Waals surface area (Å²) in [4.78, 5) is 2.38. The van der Waals surface area contributed by atoms with Crippen molar-refractivity contribution in [1.82, 2.24) is 0 Å². The van der Waals surface area contributed by atoms with Crippen molar-refractivity contribution < 1.29 is 9.15 Å². The van der Waals surface area contributed by atoms with Gasteiger partial charge in [-0.25, -0.2) is 0 Å². The summed E-state index contributed by atoms with van der Waals surface area (Å²) in [5, 5.41) is 6.80. The van der Waals surface area contributed by atoms with Crippen LogP contribution in [0.3, 0.4) is 0 Å². The summed E-state index contributed by atoms with van der Waals surface area (Å²) in [7, 11) is 0. The van der Waals surface area contributed by atoms with Gasteiger partial charge in [0.15, 0.2) is 0 Å². The van der Waals surface area contributed by atoms with Crippen LogP contribution in [-0.2, 0) is 10.8 Å². The molecule has 0 unspecified atom stereocenters. The van der Waals surface area contributed by atoms with E-state index in [9.17, 15) is 0 Å². The van der Waals surface area contributed by atoms with Gasteiger partial charge in [-0.15, -0.1) is 0 Å². The molecule has 69 heavy (non-hydrogen) atoms. The van der Waals surface area contributed by atoms with Crippen molar-refractivity contribution in [3.8, 4) is 44.9 Å². The molecular weight excluding hydrogens is 839 g/mol. The second-order valence-electron chi connectivity index (χ2n) is 19.5. The molecule has 3 nitrogen and oxygen atoms in total. The van der Waals surface area contributed by atoms with Crippen molar-refractivity contribution in [1.29, 1.82) is 0 Å². The van der Waals surface area contributed by atoms with Gasteiger partial charge in [0.05, 0.1) is 5.41 Å². The van der Waals surface area contributed by atoms with Gasteiger partial charge in [-0.3, -0.25) is 0 Å². The molecule has 15 rings (SSSR count). The number of hydrogen-bond donors (Lipinski definition) is 0. The maximum Gasteiger partial charge on any atom is 0.140 e. The summed E-state index contributed by atoms with van der Waals surface area (Å²) >= 11 is 0. The minimum atomic E-state index is -0.619. The van der Waals surface area contributed by atoms with Crippen molar-refractivity contribution in [2.75, 3.05) is 4.90 Å². The first-order valence-electron chi connectivity index (χ1n) is 24.0. The van der Waals surface area contributed by atoms with Crippen molar-refractivity contribution in [2.24, 2.45) is 0 Å². The molecule has 0 saturated heterocycles. The number of rotatable bonds is 4. The quantitative estimate of drug-likeness (QED) is 0.176. The van der Waals surface area contributed by atoms with E-state index >= 15 is 0 Å². The van der Waals surface area contributed by atoms with Gasteiger partial charge in [-0.05, 0) is 115 Å². The van der Waals surface area contributed by atoms with E-state index in [4.69, 9.17) is 9.15 Å². The average molecular weight is 882 g/mol. The topological polar surface area (TPSA) is 25.6 Å². The molecule has 11 aromatic carbocycles. The maximum atomic E-state index is 7.22. The molecule has 3 aliphatic rings. The Hall–Kier alpha value is -8.66. The molecular formula is C66H43NO2. The van der Waals surface area contributed by atoms with E-state index in [-0.39, 0.29) is 5.41 Å². The SMILES string of the molecule is CC1(C)c2ccccc2-c2ccc(N(c3ccc(-c4ccc5c(c4)C4(c6ccccc6-5)c5ccc6ccccc6c5Oc5c4ccc4ccccc54)cc3)c3ccc4c(c3)oc3ccccc34)cc21. The Bertz CT molecular complexity index is 4070. The van der Waals surface area contributed by atoms with Crippen LogP contribution in [0.2, 0.25) is 0 Å². The van der Waals surface area contributed by atoms with Gasteiger partial charge in [0.25, 0.3) is 0 Å². The van der Waals surface area contributed by atoms with E-state index in [1.165, 1.54) is 55.6 Å². The minimum absolute atomic E-state index is 0.142. The Balaban J connectivity index is 0.908. The summed E-state index contributed by atoms with van der Waals surface area (Å²) in [6, 6.07) is 82.5. The molecule has 0 fully saturated rings. The van der Waals surface area contributed by atoms with Crippen LogP contribution >= 0.6 is 0 Å². The number of fused-ring (bicyclic) bond motifs is 19. The second kappa shape index (κ2) is 13.9. The van der Waals surface area contributed by atoms with Gasteiger partial charge >= 0.3 is 0 Å². The van der Waals surface area contributed by atoms with Gasteiger partial charge < -0.3 is 14.1 Å². The highest BCUT2D eigenvalue weighted by atomic mass is 16.5. The van der Waals surface area contributed by atoms with Crippen LogP contribution in [0.25, 0.3) is 76.9 Å². The fraction of sp³-hybridized carbons (Fsp3) is 0.0606. The fourth-order valence-electron chi connectivity index (χ4n) is 12.5. The van der Waals surface area contributed by atoms with Crippen LogP contribution in [0.4, 0.5) is 17.1 Å². The Morgan fingerprint density at radius 2 is 0.855 bits per heavy atom. The van der Waals surface area contributed by atoms with Crippen molar-refractivity contribution in [3.63, 3.8) is 0 Å². The first-order chi connectivity index (χ1) is 33.9. The Labute approximate surface area is 400 Å². The largest absolute Gasteiger partial charge is 0.456 e. The zero-order valence-electron chi connectivity index (χ0n) is 38.1. The average Bonchev–Trinajstić information content (AvgIpc) is 3.99. The highest BCUT2D eigenvalue weighted by Crippen LogP contribution is 2.64. The molecule has 12 aromatic rings. The normalized spacial score (nSPS) is 14.3. The molecule has 0 saturated carbocycles. The lowest BCUT2D eigenvalue weighted by atomic mass is 9.65. The predicted molar refractivity (Wildman–Crippen MR) is 284 cm³/mol. The second-order valence-corrected chi connectivity index (χ2v) is 19.5. The minimum Gasteiger partial charge on any atom is -0.456 e. The molecule has 1 aliphatic heterocycles. The van der Waals surface area contributed by atoms with Gasteiger partial charge in [0, 0.05) is 61.2 Å². The Kier molecular flexibility index (Phi) is 7.77. The number of anilines is 3. The van der Waals surface area contributed by atoms with Crippen LogP contribution in [0.1, 0.15) is 47.2 Å². The predicted octanol–water partition coefficient (Wildman–Crippen LogP) is 17.8. The van der Waals surface area contributed by atoms with Gasteiger partial charge in [-0.1, -0.05) is 184 Å². The Morgan fingerprint density at radius 1 is 0.333 bits per heavy atom. The highest BCUT2D eigenvalue weighted by Gasteiger charge is 2.52.